The molecule has 3 nitrogen and oxygen atoms in total. The number of likely N-dealkylation sites (tertiary alicyclic amines) is 1. The average molecular weight is 225 g/mol. The molecule has 1 aromatic rings. The van der Waals surface area contributed by atoms with E-state index in [1.165, 1.54) is 30.8 Å². The van der Waals surface area contributed by atoms with Crippen molar-refractivity contribution < 1.29 is 0 Å². The number of thiazole rings is 1. The molecule has 2 N–H and O–H groups in total. The standard InChI is InChI=1S/C11H19N3S/c1-3-11(2)4-5-14(8-11)7-9-6-13-10(12)15-9/h6H,3-5,7-8H2,1-2H3,(H2,12,13). The Hall–Kier alpha value is -0.610. The highest BCUT2D eigenvalue weighted by Crippen LogP contribution is 2.34. The maximum Gasteiger partial charge on any atom is 0.180 e. The first-order valence-electron chi connectivity index (χ1n) is 5.54. The van der Waals surface area contributed by atoms with Gasteiger partial charge in [-0.05, 0) is 24.8 Å². The van der Waals surface area contributed by atoms with Gasteiger partial charge in [-0.2, -0.15) is 0 Å². The fraction of sp³-hybridized carbons (Fsp3) is 0.727. The van der Waals surface area contributed by atoms with Crippen molar-refractivity contribution in [2.24, 2.45) is 5.41 Å². The van der Waals surface area contributed by atoms with Crippen molar-refractivity contribution in [1.29, 1.82) is 0 Å². The van der Waals surface area contributed by atoms with Gasteiger partial charge >= 0.3 is 0 Å². The molecule has 1 aromatic heterocycles. The van der Waals surface area contributed by atoms with Crippen molar-refractivity contribution in [3.63, 3.8) is 0 Å². The highest BCUT2D eigenvalue weighted by molar-refractivity contribution is 7.15. The van der Waals surface area contributed by atoms with Gasteiger partial charge in [0.15, 0.2) is 5.13 Å². The van der Waals surface area contributed by atoms with Crippen molar-refractivity contribution in [2.45, 2.75) is 33.2 Å². The summed E-state index contributed by atoms with van der Waals surface area (Å²) in [5.74, 6) is 0. The number of anilines is 1. The molecule has 1 atom stereocenters. The van der Waals surface area contributed by atoms with Crippen molar-refractivity contribution in [2.75, 3.05) is 18.8 Å². The number of nitrogens with two attached hydrogens (primary N) is 1. The van der Waals surface area contributed by atoms with E-state index in [1.807, 2.05) is 6.20 Å². The number of hydrogen-bond acceptors (Lipinski definition) is 4. The van der Waals surface area contributed by atoms with E-state index >= 15 is 0 Å². The van der Waals surface area contributed by atoms with E-state index in [9.17, 15) is 0 Å². The van der Waals surface area contributed by atoms with Crippen molar-refractivity contribution in [3.05, 3.63) is 11.1 Å². The van der Waals surface area contributed by atoms with Crippen LogP contribution in [-0.4, -0.2) is 23.0 Å². The topological polar surface area (TPSA) is 42.2 Å². The highest BCUT2D eigenvalue weighted by atomic mass is 32.1. The van der Waals surface area contributed by atoms with E-state index in [0.717, 1.165) is 6.54 Å². The fourth-order valence-corrected chi connectivity index (χ4v) is 2.89. The zero-order valence-electron chi connectivity index (χ0n) is 9.49. The van der Waals surface area contributed by atoms with Crippen molar-refractivity contribution >= 4 is 16.5 Å². The smallest absolute Gasteiger partial charge is 0.180 e. The molecule has 0 spiro atoms. The Morgan fingerprint density at radius 1 is 1.67 bits per heavy atom. The summed E-state index contributed by atoms with van der Waals surface area (Å²) in [6.07, 6.45) is 4.49. The molecule has 0 aromatic carbocycles. The Bertz CT molecular complexity index is 336. The third kappa shape index (κ3) is 2.49. The summed E-state index contributed by atoms with van der Waals surface area (Å²) in [5.41, 5.74) is 6.15. The molecule has 0 saturated carbocycles. The minimum absolute atomic E-state index is 0.524. The summed E-state index contributed by atoms with van der Waals surface area (Å²) in [4.78, 5) is 7.88. The van der Waals surface area contributed by atoms with E-state index in [-0.39, 0.29) is 0 Å². The molecule has 84 valence electrons. The molecule has 0 amide bonds. The lowest BCUT2D eigenvalue weighted by Gasteiger charge is -2.22. The maximum absolute atomic E-state index is 5.62. The van der Waals surface area contributed by atoms with Gasteiger partial charge in [0.2, 0.25) is 0 Å². The molecule has 2 heterocycles. The SMILES string of the molecule is CCC1(C)CCN(Cc2cnc(N)s2)C1. The van der Waals surface area contributed by atoms with Gasteiger partial charge in [0, 0.05) is 24.2 Å². The number of nitrogens with zero attached hydrogens (tertiary/aromatic N) is 2. The van der Waals surface area contributed by atoms with Crippen LogP contribution in [0.1, 0.15) is 31.6 Å². The van der Waals surface area contributed by atoms with Gasteiger partial charge in [0.05, 0.1) is 0 Å². The Labute approximate surface area is 95.3 Å². The van der Waals surface area contributed by atoms with Crippen LogP contribution in [0.4, 0.5) is 5.13 Å². The van der Waals surface area contributed by atoms with Gasteiger partial charge in [-0.15, -0.1) is 11.3 Å². The Kier molecular flexibility index (Phi) is 2.98. The number of nitrogen functional groups attached to an aromatic ring is 1. The minimum atomic E-state index is 0.524. The van der Waals surface area contributed by atoms with E-state index < -0.39 is 0 Å². The quantitative estimate of drug-likeness (QED) is 0.858. The molecule has 2 rings (SSSR count). The van der Waals surface area contributed by atoms with Crippen LogP contribution < -0.4 is 5.73 Å². The first kappa shape index (κ1) is 10.9. The lowest BCUT2D eigenvalue weighted by molar-refractivity contribution is 0.264. The Balaban J connectivity index is 1.92. The fourth-order valence-electron chi connectivity index (χ4n) is 2.17. The van der Waals surface area contributed by atoms with Gasteiger partial charge in [0.25, 0.3) is 0 Å². The van der Waals surface area contributed by atoms with Crippen molar-refractivity contribution in [1.82, 2.24) is 9.88 Å². The lowest BCUT2D eigenvalue weighted by atomic mass is 9.87. The monoisotopic (exact) mass is 225 g/mol. The zero-order chi connectivity index (χ0) is 10.9. The second-order valence-corrected chi connectivity index (χ2v) is 5.94. The van der Waals surface area contributed by atoms with Crippen LogP contribution in [0.15, 0.2) is 6.20 Å². The maximum atomic E-state index is 5.62. The molecule has 1 aliphatic rings. The van der Waals surface area contributed by atoms with Gasteiger partial charge < -0.3 is 5.73 Å². The molecule has 15 heavy (non-hydrogen) atoms. The lowest BCUT2D eigenvalue weighted by Crippen LogP contribution is -2.23. The summed E-state index contributed by atoms with van der Waals surface area (Å²) in [6.45, 7) is 8.11. The first-order valence-corrected chi connectivity index (χ1v) is 6.35. The summed E-state index contributed by atoms with van der Waals surface area (Å²) in [7, 11) is 0. The van der Waals surface area contributed by atoms with E-state index in [2.05, 4.69) is 23.7 Å². The summed E-state index contributed by atoms with van der Waals surface area (Å²) in [5, 5.41) is 0.683. The van der Waals surface area contributed by atoms with E-state index in [0.29, 0.717) is 10.5 Å². The van der Waals surface area contributed by atoms with Gasteiger partial charge in [0.1, 0.15) is 0 Å². The average Bonchev–Trinajstić information content (AvgIpc) is 2.76. The summed E-state index contributed by atoms with van der Waals surface area (Å²) < 4.78 is 0. The van der Waals surface area contributed by atoms with Crippen LogP contribution in [0.25, 0.3) is 0 Å². The van der Waals surface area contributed by atoms with Gasteiger partial charge in [-0.1, -0.05) is 13.8 Å². The third-order valence-corrected chi connectivity index (χ3v) is 4.25. The Morgan fingerprint density at radius 3 is 3.00 bits per heavy atom. The van der Waals surface area contributed by atoms with Gasteiger partial charge in [-0.3, -0.25) is 4.90 Å². The van der Waals surface area contributed by atoms with Crippen LogP contribution in [0.2, 0.25) is 0 Å². The molecule has 1 fully saturated rings. The number of rotatable bonds is 3. The molecule has 1 aliphatic heterocycles. The summed E-state index contributed by atoms with van der Waals surface area (Å²) >= 11 is 1.61. The molecule has 0 radical (unpaired) electrons. The molecule has 1 saturated heterocycles. The summed E-state index contributed by atoms with van der Waals surface area (Å²) in [6, 6.07) is 0. The van der Waals surface area contributed by atoms with Crippen LogP contribution in [0.5, 0.6) is 0 Å². The predicted octanol–water partition coefficient (Wildman–Crippen LogP) is 2.35. The van der Waals surface area contributed by atoms with E-state index in [1.54, 1.807) is 11.3 Å². The Morgan fingerprint density at radius 2 is 2.47 bits per heavy atom. The van der Waals surface area contributed by atoms with Crippen LogP contribution in [0, 0.1) is 5.41 Å². The molecular weight excluding hydrogens is 206 g/mol. The molecule has 4 heteroatoms. The minimum Gasteiger partial charge on any atom is -0.375 e. The number of aromatic nitrogens is 1. The van der Waals surface area contributed by atoms with Crippen LogP contribution in [0.3, 0.4) is 0 Å². The van der Waals surface area contributed by atoms with Gasteiger partial charge in [-0.25, -0.2) is 4.98 Å². The predicted molar refractivity (Wildman–Crippen MR) is 64.8 cm³/mol. The van der Waals surface area contributed by atoms with E-state index in [4.69, 9.17) is 5.73 Å². The number of hydrogen-bond donors (Lipinski definition) is 1. The van der Waals surface area contributed by atoms with Crippen LogP contribution >= 0.6 is 11.3 Å². The largest absolute Gasteiger partial charge is 0.375 e. The first-order chi connectivity index (χ1) is 7.11. The molecule has 1 unspecified atom stereocenters. The highest BCUT2D eigenvalue weighted by Gasteiger charge is 2.31. The van der Waals surface area contributed by atoms with Crippen LogP contribution in [-0.2, 0) is 6.54 Å². The zero-order valence-corrected chi connectivity index (χ0v) is 10.3. The second-order valence-electron chi connectivity index (χ2n) is 4.79. The molecular formula is C11H19N3S. The molecule has 0 bridgehead atoms. The molecule has 0 aliphatic carbocycles. The second kappa shape index (κ2) is 4.10. The normalized spacial score (nSPS) is 27.3. The third-order valence-electron chi connectivity index (χ3n) is 3.44. The van der Waals surface area contributed by atoms with Crippen molar-refractivity contribution in [3.8, 4) is 0 Å².